The van der Waals surface area contributed by atoms with Gasteiger partial charge in [-0.05, 0) is 17.7 Å². The molecule has 1 heterocycles. The van der Waals surface area contributed by atoms with Gasteiger partial charge in [-0.3, -0.25) is 9.78 Å². The first-order chi connectivity index (χ1) is 7.69. The van der Waals surface area contributed by atoms with Gasteiger partial charge in [-0.2, -0.15) is 12.6 Å². The minimum absolute atomic E-state index is 0.135. The lowest BCUT2D eigenvalue weighted by Crippen LogP contribution is -2.23. The molecule has 0 unspecified atom stereocenters. The van der Waals surface area contributed by atoms with E-state index < -0.39 is 5.76 Å². The van der Waals surface area contributed by atoms with E-state index in [4.69, 9.17) is 4.42 Å². The molecule has 16 heavy (non-hydrogen) atoms. The van der Waals surface area contributed by atoms with Crippen LogP contribution in [0.15, 0.2) is 27.4 Å². The number of carbonyl (C=O) groups is 1. The predicted octanol–water partition coefficient (Wildman–Crippen LogP) is 0.667. The van der Waals surface area contributed by atoms with Gasteiger partial charge in [0.25, 0.3) is 0 Å². The van der Waals surface area contributed by atoms with Crippen LogP contribution in [0.3, 0.4) is 0 Å². The number of fused-ring (bicyclic) bond motifs is 1. The van der Waals surface area contributed by atoms with Crippen LogP contribution in [0.1, 0.15) is 5.56 Å². The average Bonchev–Trinajstić information content (AvgIpc) is 2.65. The fourth-order valence-corrected chi connectivity index (χ4v) is 1.48. The first kappa shape index (κ1) is 10.8. The van der Waals surface area contributed by atoms with Crippen molar-refractivity contribution >= 4 is 29.6 Å². The number of carbonyl (C=O) groups excluding carboxylic acids is 1. The van der Waals surface area contributed by atoms with Crippen molar-refractivity contribution in [3.8, 4) is 0 Å². The number of thiol groups is 1. The molecule has 1 aromatic carbocycles. The topological polar surface area (TPSA) is 75.1 Å². The SMILES string of the molecule is O=C(CS)NCc1ccc2oc(=O)[nH]c2c1. The van der Waals surface area contributed by atoms with Crippen molar-refractivity contribution in [3.63, 3.8) is 0 Å². The van der Waals surface area contributed by atoms with Gasteiger partial charge in [-0.25, -0.2) is 4.79 Å². The molecule has 84 valence electrons. The fourth-order valence-electron chi connectivity index (χ4n) is 1.37. The summed E-state index contributed by atoms with van der Waals surface area (Å²) in [5, 5.41) is 2.68. The van der Waals surface area contributed by atoms with E-state index in [1.807, 2.05) is 0 Å². The number of amides is 1. The molecule has 0 fully saturated rings. The van der Waals surface area contributed by atoms with Crippen molar-refractivity contribution < 1.29 is 9.21 Å². The summed E-state index contributed by atoms with van der Waals surface area (Å²) in [4.78, 5) is 24.4. The standard InChI is InChI=1S/C10H10N2O3S/c13-9(5-16)11-4-6-1-2-8-7(3-6)12-10(14)15-8/h1-3,16H,4-5H2,(H,11,13)(H,12,14). The Morgan fingerprint density at radius 3 is 3.06 bits per heavy atom. The van der Waals surface area contributed by atoms with Crippen molar-refractivity contribution in [2.24, 2.45) is 0 Å². The normalized spacial score (nSPS) is 10.6. The number of hydrogen-bond acceptors (Lipinski definition) is 4. The molecule has 2 N–H and O–H groups in total. The molecule has 0 radical (unpaired) electrons. The quantitative estimate of drug-likeness (QED) is 0.688. The van der Waals surface area contributed by atoms with Gasteiger partial charge in [0.05, 0.1) is 11.3 Å². The number of aromatic nitrogens is 1. The highest BCUT2D eigenvalue weighted by Crippen LogP contribution is 2.11. The van der Waals surface area contributed by atoms with Gasteiger partial charge >= 0.3 is 5.76 Å². The van der Waals surface area contributed by atoms with Crippen LogP contribution >= 0.6 is 12.6 Å². The first-order valence-corrected chi connectivity index (χ1v) is 5.31. The minimum atomic E-state index is -0.480. The van der Waals surface area contributed by atoms with E-state index in [-0.39, 0.29) is 11.7 Å². The average molecular weight is 238 g/mol. The zero-order chi connectivity index (χ0) is 11.5. The molecule has 6 heteroatoms. The van der Waals surface area contributed by atoms with Crippen molar-refractivity contribution in [1.82, 2.24) is 10.3 Å². The molecule has 1 aromatic heterocycles. The zero-order valence-electron chi connectivity index (χ0n) is 8.32. The Balaban J connectivity index is 2.19. The van der Waals surface area contributed by atoms with E-state index in [0.29, 0.717) is 17.6 Å². The third-order valence-corrected chi connectivity index (χ3v) is 2.40. The Morgan fingerprint density at radius 2 is 2.31 bits per heavy atom. The molecule has 0 spiro atoms. The van der Waals surface area contributed by atoms with Gasteiger partial charge in [0.1, 0.15) is 0 Å². The molecule has 0 aliphatic carbocycles. The van der Waals surface area contributed by atoms with Crippen molar-refractivity contribution in [1.29, 1.82) is 0 Å². The molecule has 1 amide bonds. The third kappa shape index (κ3) is 2.27. The summed E-state index contributed by atoms with van der Waals surface area (Å²) in [5.41, 5.74) is 2.02. The smallest absolute Gasteiger partial charge is 0.408 e. The highest BCUT2D eigenvalue weighted by atomic mass is 32.1. The van der Waals surface area contributed by atoms with Crippen molar-refractivity contribution in [3.05, 3.63) is 34.3 Å². The minimum Gasteiger partial charge on any atom is -0.408 e. The van der Waals surface area contributed by atoms with Crippen LogP contribution < -0.4 is 11.1 Å². The van der Waals surface area contributed by atoms with E-state index in [9.17, 15) is 9.59 Å². The zero-order valence-corrected chi connectivity index (χ0v) is 9.21. The second-order valence-corrected chi connectivity index (χ2v) is 3.60. The fraction of sp³-hybridized carbons (Fsp3) is 0.200. The Kier molecular flexibility index (Phi) is 3.00. The van der Waals surface area contributed by atoms with Gasteiger partial charge in [0.2, 0.25) is 5.91 Å². The molecule has 2 rings (SSSR count). The maximum absolute atomic E-state index is 11.0. The van der Waals surface area contributed by atoms with Gasteiger partial charge < -0.3 is 9.73 Å². The van der Waals surface area contributed by atoms with Crippen LogP contribution in [0.5, 0.6) is 0 Å². The van der Waals surface area contributed by atoms with Gasteiger partial charge in [0.15, 0.2) is 5.58 Å². The van der Waals surface area contributed by atoms with Gasteiger partial charge in [-0.15, -0.1) is 0 Å². The summed E-state index contributed by atoms with van der Waals surface area (Å²) in [7, 11) is 0. The van der Waals surface area contributed by atoms with Crippen LogP contribution in [0, 0.1) is 0 Å². The summed E-state index contributed by atoms with van der Waals surface area (Å²) in [5.74, 6) is -0.458. The molecule has 0 saturated carbocycles. The molecule has 0 bridgehead atoms. The second kappa shape index (κ2) is 4.44. The lowest BCUT2D eigenvalue weighted by molar-refractivity contribution is -0.118. The Hall–Kier alpha value is -1.69. The van der Waals surface area contributed by atoms with Crippen LogP contribution in [-0.4, -0.2) is 16.6 Å². The van der Waals surface area contributed by atoms with E-state index in [1.165, 1.54) is 0 Å². The number of oxazole rings is 1. The molecular formula is C10H10N2O3S. The molecule has 0 atom stereocenters. The van der Waals surface area contributed by atoms with E-state index in [1.54, 1.807) is 18.2 Å². The Morgan fingerprint density at radius 1 is 1.50 bits per heavy atom. The van der Waals surface area contributed by atoms with Crippen molar-refractivity contribution in [2.75, 3.05) is 5.75 Å². The predicted molar refractivity (Wildman–Crippen MR) is 62.5 cm³/mol. The molecule has 0 saturated heterocycles. The lowest BCUT2D eigenvalue weighted by Gasteiger charge is -2.02. The van der Waals surface area contributed by atoms with Crippen LogP contribution in [-0.2, 0) is 11.3 Å². The number of benzene rings is 1. The summed E-state index contributed by atoms with van der Waals surface area (Å²) in [6.07, 6.45) is 0. The van der Waals surface area contributed by atoms with E-state index in [0.717, 1.165) is 5.56 Å². The molecule has 2 aromatic rings. The third-order valence-electron chi connectivity index (χ3n) is 2.12. The first-order valence-electron chi connectivity index (χ1n) is 4.68. The number of nitrogens with one attached hydrogen (secondary N) is 2. The van der Waals surface area contributed by atoms with E-state index in [2.05, 4.69) is 22.9 Å². The summed E-state index contributed by atoms with van der Waals surface area (Å²) >= 11 is 3.85. The highest BCUT2D eigenvalue weighted by Gasteiger charge is 2.03. The highest BCUT2D eigenvalue weighted by molar-refractivity contribution is 7.81. The van der Waals surface area contributed by atoms with Crippen LogP contribution in [0.25, 0.3) is 11.1 Å². The van der Waals surface area contributed by atoms with Gasteiger partial charge in [-0.1, -0.05) is 6.07 Å². The number of rotatable bonds is 3. The van der Waals surface area contributed by atoms with E-state index >= 15 is 0 Å². The summed E-state index contributed by atoms with van der Waals surface area (Å²) in [6.45, 7) is 0.405. The number of aromatic amines is 1. The second-order valence-electron chi connectivity index (χ2n) is 3.28. The van der Waals surface area contributed by atoms with Crippen molar-refractivity contribution in [2.45, 2.75) is 6.54 Å². The number of H-pyrrole nitrogens is 1. The summed E-state index contributed by atoms with van der Waals surface area (Å²) < 4.78 is 4.86. The molecule has 5 nitrogen and oxygen atoms in total. The number of hydrogen-bond donors (Lipinski definition) is 3. The lowest BCUT2D eigenvalue weighted by atomic mass is 10.2. The molecular weight excluding hydrogens is 228 g/mol. The monoisotopic (exact) mass is 238 g/mol. The Bertz CT molecular complexity index is 573. The maximum atomic E-state index is 11.0. The van der Waals surface area contributed by atoms with Crippen LogP contribution in [0.2, 0.25) is 0 Å². The molecule has 0 aliphatic rings. The Labute approximate surface area is 96.2 Å². The molecule has 0 aliphatic heterocycles. The summed E-state index contributed by atoms with van der Waals surface area (Å²) in [6, 6.07) is 5.24. The maximum Gasteiger partial charge on any atom is 0.417 e. The van der Waals surface area contributed by atoms with Crippen LogP contribution in [0.4, 0.5) is 0 Å². The van der Waals surface area contributed by atoms with Gasteiger partial charge in [0, 0.05) is 6.54 Å². The largest absolute Gasteiger partial charge is 0.417 e.